The Hall–Kier alpha value is -1.27. The first kappa shape index (κ1) is 16.1. The maximum Gasteiger partial charge on any atom is 0.525 e. The maximum absolute atomic E-state index is 14.7. The van der Waals surface area contributed by atoms with E-state index in [9.17, 15) is 8.78 Å². The summed E-state index contributed by atoms with van der Waals surface area (Å²) in [5, 5.41) is 0. The number of hydrogen-bond acceptors (Lipinski definition) is 3. The number of pyridine rings is 1. The molecule has 1 saturated heterocycles. The smallest absolute Gasteiger partial charge is 0.398 e. The second kappa shape index (κ2) is 5.50. The van der Waals surface area contributed by atoms with Crippen LogP contribution in [0.25, 0.3) is 5.57 Å². The van der Waals surface area contributed by atoms with Crippen molar-refractivity contribution in [3.8, 4) is 0 Å². The van der Waals surface area contributed by atoms with Gasteiger partial charge in [0, 0.05) is 11.8 Å². The highest BCUT2D eigenvalue weighted by atomic mass is 19.1. The van der Waals surface area contributed by atoms with Crippen molar-refractivity contribution in [2.75, 3.05) is 0 Å². The van der Waals surface area contributed by atoms with Gasteiger partial charge in [-0.05, 0) is 46.2 Å². The zero-order valence-electron chi connectivity index (χ0n) is 13.0. The third-order valence-corrected chi connectivity index (χ3v) is 4.15. The topological polar surface area (TPSA) is 31.4 Å². The predicted octanol–water partition coefficient (Wildman–Crippen LogP) is 3.94. The van der Waals surface area contributed by atoms with Crippen LogP contribution in [-0.2, 0) is 9.31 Å². The molecule has 0 bridgehead atoms. The molecule has 2 rings (SSSR count). The largest absolute Gasteiger partial charge is 0.525 e. The van der Waals surface area contributed by atoms with Gasteiger partial charge in [-0.15, -0.1) is 0 Å². The SMILES string of the molecule is CCC(=C(F)B1OC(C)(C)C(C)(C)O1)c1ncccc1F. The highest BCUT2D eigenvalue weighted by molar-refractivity contribution is 6.55. The van der Waals surface area contributed by atoms with Crippen molar-refractivity contribution < 1.29 is 18.1 Å². The second-order valence-corrected chi connectivity index (χ2v) is 6.10. The van der Waals surface area contributed by atoms with E-state index >= 15 is 0 Å². The van der Waals surface area contributed by atoms with Crippen molar-refractivity contribution in [1.29, 1.82) is 0 Å². The molecule has 0 saturated carbocycles. The van der Waals surface area contributed by atoms with E-state index in [0.717, 1.165) is 0 Å². The summed E-state index contributed by atoms with van der Waals surface area (Å²) in [7, 11) is -1.13. The molecule has 0 spiro atoms. The highest BCUT2D eigenvalue weighted by Crippen LogP contribution is 2.40. The van der Waals surface area contributed by atoms with Crippen molar-refractivity contribution in [2.24, 2.45) is 0 Å². The van der Waals surface area contributed by atoms with Crippen LogP contribution < -0.4 is 0 Å². The maximum atomic E-state index is 14.7. The van der Waals surface area contributed by atoms with E-state index in [0.29, 0.717) is 6.42 Å². The molecule has 6 heteroatoms. The van der Waals surface area contributed by atoms with Gasteiger partial charge < -0.3 is 9.31 Å². The lowest BCUT2D eigenvalue weighted by Gasteiger charge is -2.32. The number of nitrogens with zero attached hydrogens (tertiary/aromatic N) is 1. The minimum Gasteiger partial charge on any atom is -0.398 e. The van der Waals surface area contributed by atoms with Crippen molar-refractivity contribution >= 4 is 12.7 Å². The molecule has 114 valence electrons. The molecule has 0 atom stereocenters. The molecule has 0 unspecified atom stereocenters. The quantitative estimate of drug-likeness (QED) is 0.791. The molecule has 0 aliphatic carbocycles. The van der Waals surface area contributed by atoms with E-state index in [4.69, 9.17) is 9.31 Å². The van der Waals surface area contributed by atoms with Crippen LogP contribution in [0.15, 0.2) is 24.1 Å². The summed E-state index contributed by atoms with van der Waals surface area (Å²) in [5.41, 5.74) is -1.72. The minimum atomic E-state index is -1.13. The van der Waals surface area contributed by atoms with Crippen LogP contribution in [0, 0.1) is 5.82 Å². The average Bonchev–Trinajstić information content (AvgIpc) is 2.61. The molecule has 21 heavy (non-hydrogen) atoms. The normalized spacial score (nSPS) is 21.4. The van der Waals surface area contributed by atoms with E-state index < -0.39 is 29.9 Å². The Morgan fingerprint density at radius 1 is 1.24 bits per heavy atom. The fourth-order valence-electron chi connectivity index (χ4n) is 2.15. The first-order valence-electron chi connectivity index (χ1n) is 7.04. The second-order valence-electron chi connectivity index (χ2n) is 6.10. The molecule has 2 heterocycles. The van der Waals surface area contributed by atoms with E-state index in [2.05, 4.69) is 4.98 Å². The van der Waals surface area contributed by atoms with Gasteiger partial charge in [-0.2, -0.15) is 0 Å². The van der Waals surface area contributed by atoms with Gasteiger partial charge in [-0.25, -0.2) is 8.78 Å². The average molecular weight is 295 g/mol. The lowest BCUT2D eigenvalue weighted by molar-refractivity contribution is 0.00578. The van der Waals surface area contributed by atoms with Gasteiger partial charge in [0.15, 0.2) is 0 Å². The Morgan fingerprint density at radius 3 is 2.29 bits per heavy atom. The highest BCUT2D eigenvalue weighted by Gasteiger charge is 2.53. The summed E-state index contributed by atoms with van der Waals surface area (Å²) >= 11 is 0. The van der Waals surface area contributed by atoms with Crippen molar-refractivity contribution in [2.45, 2.75) is 52.2 Å². The molecular formula is C15H20BF2NO2. The number of allylic oxidation sites excluding steroid dienone is 1. The zero-order chi connectivity index (χ0) is 15.8. The molecule has 1 aliphatic heterocycles. The lowest BCUT2D eigenvalue weighted by atomic mass is 9.83. The van der Waals surface area contributed by atoms with Crippen LogP contribution in [0.1, 0.15) is 46.7 Å². The predicted molar refractivity (Wildman–Crippen MR) is 78.6 cm³/mol. The van der Waals surface area contributed by atoms with Gasteiger partial charge in [-0.1, -0.05) is 6.92 Å². The summed E-state index contributed by atoms with van der Waals surface area (Å²) in [6.07, 6.45) is 1.73. The summed E-state index contributed by atoms with van der Waals surface area (Å²) in [6, 6.07) is 2.73. The summed E-state index contributed by atoms with van der Waals surface area (Å²) in [5.74, 6) is -0.555. The lowest BCUT2D eigenvalue weighted by Crippen LogP contribution is -2.41. The van der Waals surface area contributed by atoms with Crippen LogP contribution in [0.3, 0.4) is 0 Å². The monoisotopic (exact) mass is 295 g/mol. The number of hydrogen-bond donors (Lipinski definition) is 0. The van der Waals surface area contributed by atoms with Gasteiger partial charge in [-0.3, -0.25) is 4.98 Å². The number of rotatable bonds is 3. The van der Waals surface area contributed by atoms with Crippen molar-refractivity contribution in [3.63, 3.8) is 0 Å². The molecule has 1 aromatic heterocycles. The van der Waals surface area contributed by atoms with Crippen molar-refractivity contribution in [3.05, 3.63) is 35.6 Å². The van der Waals surface area contributed by atoms with Crippen LogP contribution >= 0.6 is 0 Å². The Labute approximate surface area is 124 Å². The molecule has 0 N–H and O–H groups in total. The Morgan fingerprint density at radius 2 is 1.81 bits per heavy atom. The molecule has 1 aliphatic rings. The zero-order valence-corrected chi connectivity index (χ0v) is 13.0. The van der Waals surface area contributed by atoms with E-state index in [1.165, 1.54) is 18.3 Å². The summed E-state index contributed by atoms with van der Waals surface area (Å²) < 4.78 is 39.9. The molecule has 1 aromatic rings. The third-order valence-electron chi connectivity index (χ3n) is 4.15. The van der Waals surface area contributed by atoms with Crippen LogP contribution in [-0.4, -0.2) is 23.3 Å². The van der Waals surface area contributed by atoms with Crippen molar-refractivity contribution in [1.82, 2.24) is 4.98 Å². The number of aromatic nitrogens is 1. The molecule has 0 amide bonds. The summed E-state index contributed by atoms with van der Waals surface area (Å²) in [4.78, 5) is 3.93. The standard InChI is InChI=1S/C15H20BF2NO2/c1-6-10(12-11(17)8-7-9-19-12)13(18)16-20-14(2,3)15(4,5)21-16/h7-9H,6H2,1-5H3. The van der Waals surface area contributed by atoms with Gasteiger partial charge >= 0.3 is 7.12 Å². The Balaban J connectivity index is 2.41. The van der Waals surface area contributed by atoms with E-state index in [1.54, 1.807) is 6.92 Å². The van der Waals surface area contributed by atoms with Gasteiger partial charge in [0.05, 0.1) is 11.2 Å². The van der Waals surface area contributed by atoms with Crippen LogP contribution in [0.2, 0.25) is 0 Å². The molecule has 0 radical (unpaired) electrons. The summed E-state index contributed by atoms with van der Waals surface area (Å²) in [6.45, 7) is 9.11. The van der Waals surface area contributed by atoms with Gasteiger partial charge in [0.25, 0.3) is 0 Å². The Kier molecular flexibility index (Phi) is 4.22. The van der Waals surface area contributed by atoms with E-state index in [1.807, 2.05) is 27.7 Å². The first-order chi connectivity index (χ1) is 9.69. The molecular weight excluding hydrogens is 275 g/mol. The molecule has 0 aromatic carbocycles. The van der Waals surface area contributed by atoms with Crippen LogP contribution in [0.5, 0.6) is 0 Å². The Bertz CT molecular complexity index is 557. The molecule has 1 fully saturated rings. The third kappa shape index (κ3) is 2.87. The van der Waals surface area contributed by atoms with Gasteiger partial charge in [0.2, 0.25) is 0 Å². The fourth-order valence-corrected chi connectivity index (χ4v) is 2.15. The van der Waals surface area contributed by atoms with E-state index in [-0.39, 0.29) is 11.3 Å². The minimum absolute atomic E-state index is 0.00668. The number of halogens is 2. The molecule has 3 nitrogen and oxygen atoms in total. The fraction of sp³-hybridized carbons (Fsp3) is 0.533. The first-order valence-corrected chi connectivity index (χ1v) is 7.04. The van der Waals surface area contributed by atoms with Gasteiger partial charge in [0.1, 0.15) is 17.2 Å². The van der Waals surface area contributed by atoms with Crippen LogP contribution in [0.4, 0.5) is 8.78 Å².